The molecule has 0 amide bonds. The molecule has 0 fully saturated rings. The zero-order chi connectivity index (χ0) is 9.19. The molecule has 0 saturated carbocycles. The Bertz CT molecular complexity index is 245. The Morgan fingerprint density at radius 2 is 2.33 bits per heavy atom. The molecule has 0 spiro atoms. The van der Waals surface area contributed by atoms with Crippen molar-refractivity contribution in [1.29, 1.82) is 0 Å². The summed E-state index contributed by atoms with van der Waals surface area (Å²) in [6, 6.07) is 0. The number of hydrogen-bond donors (Lipinski definition) is 2. The van der Waals surface area contributed by atoms with Crippen LogP contribution in [0.4, 0.5) is 0 Å². The average Bonchev–Trinajstić information content (AvgIpc) is 2.05. The first-order valence-electron chi connectivity index (χ1n) is 3.98. The molecular formula is C9H13NO2. The predicted octanol–water partition coefficient (Wildman–Crippen LogP) is 0.921. The molecule has 3 nitrogen and oxygen atoms in total. The molecule has 1 aliphatic carbocycles. The summed E-state index contributed by atoms with van der Waals surface area (Å²) in [7, 11) is 0. The Balaban J connectivity index is 2.92. The lowest BCUT2D eigenvalue weighted by Gasteiger charge is -2.30. The van der Waals surface area contributed by atoms with Crippen molar-refractivity contribution in [3.05, 3.63) is 24.3 Å². The summed E-state index contributed by atoms with van der Waals surface area (Å²) in [4.78, 5) is 10.8. The summed E-state index contributed by atoms with van der Waals surface area (Å²) in [5.74, 6) is -1.45. The van der Waals surface area contributed by atoms with Gasteiger partial charge in [-0.1, -0.05) is 31.2 Å². The second-order valence-corrected chi connectivity index (χ2v) is 3.03. The van der Waals surface area contributed by atoms with Crippen LogP contribution in [0.2, 0.25) is 0 Å². The normalized spacial score (nSPS) is 33.7. The predicted molar refractivity (Wildman–Crippen MR) is 46.6 cm³/mol. The van der Waals surface area contributed by atoms with Gasteiger partial charge in [-0.2, -0.15) is 0 Å². The first-order chi connectivity index (χ1) is 5.60. The second-order valence-electron chi connectivity index (χ2n) is 3.03. The van der Waals surface area contributed by atoms with Crippen molar-refractivity contribution in [3.63, 3.8) is 0 Å². The minimum absolute atomic E-state index is 0.590. The van der Waals surface area contributed by atoms with Crippen molar-refractivity contribution in [2.45, 2.75) is 18.9 Å². The van der Waals surface area contributed by atoms with Crippen molar-refractivity contribution in [3.8, 4) is 0 Å². The molecule has 12 heavy (non-hydrogen) atoms. The SMILES string of the molecule is CCC1(N)C=CC=CC1C(=O)O. The minimum Gasteiger partial charge on any atom is -0.481 e. The highest BCUT2D eigenvalue weighted by molar-refractivity contribution is 5.75. The smallest absolute Gasteiger partial charge is 0.312 e. The number of allylic oxidation sites excluding steroid dienone is 2. The van der Waals surface area contributed by atoms with Gasteiger partial charge in [-0.3, -0.25) is 4.79 Å². The Hall–Kier alpha value is -1.09. The first kappa shape index (κ1) is 9.00. The molecule has 2 unspecified atom stereocenters. The molecule has 3 N–H and O–H groups in total. The summed E-state index contributed by atoms with van der Waals surface area (Å²) >= 11 is 0. The van der Waals surface area contributed by atoms with E-state index in [-0.39, 0.29) is 0 Å². The minimum atomic E-state index is -0.861. The Morgan fingerprint density at radius 1 is 1.67 bits per heavy atom. The van der Waals surface area contributed by atoms with E-state index < -0.39 is 17.4 Å². The van der Waals surface area contributed by atoms with Crippen LogP contribution in [0.25, 0.3) is 0 Å². The molecule has 1 aliphatic rings. The molecule has 0 heterocycles. The lowest BCUT2D eigenvalue weighted by Crippen LogP contribution is -2.48. The van der Waals surface area contributed by atoms with E-state index in [0.29, 0.717) is 6.42 Å². The number of carboxylic acids is 1. The maximum absolute atomic E-state index is 10.8. The lowest BCUT2D eigenvalue weighted by molar-refractivity contribution is -0.141. The van der Waals surface area contributed by atoms with Crippen LogP contribution in [0.15, 0.2) is 24.3 Å². The molecule has 3 heteroatoms. The van der Waals surface area contributed by atoms with Crippen LogP contribution in [0, 0.1) is 5.92 Å². The molecule has 0 radical (unpaired) electrons. The van der Waals surface area contributed by atoms with Crippen LogP contribution in [-0.4, -0.2) is 16.6 Å². The summed E-state index contributed by atoms with van der Waals surface area (Å²) in [6.45, 7) is 1.89. The van der Waals surface area contributed by atoms with Crippen LogP contribution in [0.1, 0.15) is 13.3 Å². The van der Waals surface area contributed by atoms with Gasteiger partial charge in [-0.05, 0) is 6.42 Å². The quantitative estimate of drug-likeness (QED) is 0.642. The third-order valence-corrected chi connectivity index (χ3v) is 2.28. The average molecular weight is 167 g/mol. The van der Waals surface area contributed by atoms with Crippen molar-refractivity contribution >= 4 is 5.97 Å². The maximum atomic E-state index is 10.8. The molecule has 0 aromatic rings. The highest BCUT2D eigenvalue weighted by Gasteiger charge is 2.35. The molecule has 0 bridgehead atoms. The van der Waals surface area contributed by atoms with Crippen molar-refractivity contribution < 1.29 is 9.90 Å². The van der Waals surface area contributed by atoms with Crippen molar-refractivity contribution in [1.82, 2.24) is 0 Å². The Morgan fingerprint density at radius 3 is 2.75 bits per heavy atom. The van der Waals surface area contributed by atoms with Gasteiger partial charge in [0.25, 0.3) is 0 Å². The fourth-order valence-corrected chi connectivity index (χ4v) is 1.34. The van der Waals surface area contributed by atoms with E-state index >= 15 is 0 Å². The van der Waals surface area contributed by atoms with E-state index in [1.807, 2.05) is 6.92 Å². The molecule has 0 aliphatic heterocycles. The largest absolute Gasteiger partial charge is 0.481 e. The summed E-state index contributed by atoms with van der Waals surface area (Å²) in [5.41, 5.74) is 5.18. The van der Waals surface area contributed by atoms with Crippen LogP contribution in [0.3, 0.4) is 0 Å². The zero-order valence-corrected chi connectivity index (χ0v) is 7.03. The number of carbonyl (C=O) groups is 1. The van der Waals surface area contributed by atoms with E-state index in [1.165, 1.54) is 0 Å². The zero-order valence-electron chi connectivity index (χ0n) is 7.03. The van der Waals surface area contributed by atoms with Crippen LogP contribution in [0.5, 0.6) is 0 Å². The van der Waals surface area contributed by atoms with Crippen LogP contribution >= 0.6 is 0 Å². The van der Waals surface area contributed by atoms with Gasteiger partial charge in [0.15, 0.2) is 0 Å². The van der Waals surface area contributed by atoms with Gasteiger partial charge in [0.1, 0.15) is 0 Å². The maximum Gasteiger partial charge on any atom is 0.312 e. The topological polar surface area (TPSA) is 63.3 Å². The highest BCUT2D eigenvalue weighted by Crippen LogP contribution is 2.25. The number of carboxylic acid groups (broad SMARTS) is 1. The molecular weight excluding hydrogens is 154 g/mol. The van der Waals surface area contributed by atoms with Gasteiger partial charge in [0.05, 0.1) is 11.5 Å². The second kappa shape index (κ2) is 3.11. The van der Waals surface area contributed by atoms with Gasteiger partial charge >= 0.3 is 5.97 Å². The van der Waals surface area contributed by atoms with Crippen molar-refractivity contribution in [2.75, 3.05) is 0 Å². The number of hydrogen-bond acceptors (Lipinski definition) is 2. The van der Waals surface area contributed by atoms with Gasteiger partial charge in [0.2, 0.25) is 0 Å². The number of aliphatic carboxylic acids is 1. The summed E-state index contributed by atoms with van der Waals surface area (Å²) < 4.78 is 0. The van der Waals surface area contributed by atoms with E-state index in [2.05, 4.69) is 0 Å². The third-order valence-electron chi connectivity index (χ3n) is 2.28. The van der Waals surface area contributed by atoms with E-state index in [1.54, 1.807) is 24.3 Å². The van der Waals surface area contributed by atoms with Gasteiger partial charge < -0.3 is 10.8 Å². The van der Waals surface area contributed by atoms with E-state index in [4.69, 9.17) is 10.8 Å². The number of rotatable bonds is 2. The van der Waals surface area contributed by atoms with Gasteiger partial charge in [-0.25, -0.2) is 0 Å². The molecule has 1 rings (SSSR count). The van der Waals surface area contributed by atoms with Crippen LogP contribution in [-0.2, 0) is 4.79 Å². The van der Waals surface area contributed by atoms with E-state index in [9.17, 15) is 4.79 Å². The standard InChI is InChI=1S/C9H13NO2/c1-2-9(10)6-4-3-5-7(9)8(11)12/h3-7H,2,10H2,1H3,(H,11,12). The lowest BCUT2D eigenvalue weighted by atomic mass is 9.79. The molecule has 66 valence electrons. The summed E-state index contributed by atoms with van der Waals surface area (Å²) in [5, 5.41) is 8.84. The van der Waals surface area contributed by atoms with Gasteiger partial charge in [0, 0.05) is 0 Å². The fraction of sp³-hybridized carbons (Fsp3) is 0.444. The highest BCUT2D eigenvalue weighted by atomic mass is 16.4. The fourth-order valence-electron chi connectivity index (χ4n) is 1.34. The summed E-state index contributed by atoms with van der Waals surface area (Å²) in [6.07, 6.45) is 7.53. The Labute approximate surface area is 71.6 Å². The molecule has 0 saturated heterocycles. The molecule has 0 aromatic carbocycles. The Kier molecular flexibility index (Phi) is 2.33. The van der Waals surface area contributed by atoms with Gasteiger partial charge in [-0.15, -0.1) is 0 Å². The first-order valence-corrected chi connectivity index (χ1v) is 3.98. The van der Waals surface area contributed by atoms with Crippen LogP contribution < -0.4 is 5.73 Å². The molecule has 0 aromatic heterocycles. The van der Waals surface area contributed by atoms with Crippen molar-refractivity contribution in [2.24, 2.45) is 11.7 Å². The third kappa shape index (κ3) is 1.41. The van der Waals surface area contributed by atoms with E-state index in [0.717, 1.165) is 0 Å². The molecule has 2 atom stereocenters. The number of nitrogens with two attached hydrogens (primary N) is 1. The monoisotopic (exact) mass is 167 g/mol.